The highest BCUT2D eigenvalue weighted by Crippen LogP contribution is 2.20. The minimum atomic E-state index is 0.0857. The Bertz CT molecular complexity index is 523. The zero-order valence-electron chi connectivity index (χ0n) is 10.6. The molecule has 96 valence electrons. The largest absolute Gasteiger partial charge is 0.497 e. The highest BCUT2D eigenvalue weighted by Gasteiger charge is 2.07. The number of methoxy groups -OCH3 is 1. The molecule has 0 saturated carbocycles. The minimum Gasteiger partial charge on any atom is -0.497 e. The van der Waals surface area contributed by atoms with Crippen molar-refractivity contribution < 1.29 is 9.84 Å². The van der Waals surface area contributed by atoms with Crippen LogP contribution >= 0.6 is 0 Å². The van der Waals surface area contributed by atoms with Gasteiger partial charge in [-0.2, -0.15) is 5.10 Å². The summed E-state index contributed by atoms with van der Waals surface area (Å²) in [6.07, 6.45) is 0. The maximum Gasteiger partial charge on any atom is 0.130 e. The number of ether oxygens (including phenoxy) is 1. The van der Waals surface area contributed by atoms with Crippen LogP contribution in [0.4, 0.5) is 5.82 Å². The highest BCUT2D eigenvalue weighted by molar-refractivity contribution is 5.48. The van der Waals surface area contributed by atoms with Crippen LogP contribution in [0.2, 0.25) is 0 Å². The van der Waals surface area contributed by atoms with E-state index in [4.69, 9.17) is 9.84 Å². The summed E-state index contributed by atoms with van der Waals surface area (Å²) in [5.41, 5.74) is 1.83. The monoisotopic (exact) mass is 247 g/mol. The third kappa shape index (κ3) is 2.62. The summed E-state index contributed by atoms with van der Waals surface area (Å²) in [5.74, 6) is 1.64. The molecule has 1 aromatic carbocycles. The van der Waals surface area contributed by atoms with Crippen molar-refractivity contribution in [3.05, 3.63) is 36.0 Å². The molecule has 0 radical (unpaired) electrons. The number of rotatable bonds is 5. The first kappa shape index (κ1) is 12.4. The van der Waals surface area contributed by atoms with Gasteiger partial charge in [0, 0.05) is 18.7 Å². The summed E-state index contributed by atoms with van der Waals surface area (Å²) >= 11 is 0. The fourth-order valence-corrected chi connectivity index (χ4v) is 1.75. The maximum absolute atomic E-state index is 8.87. The van der Waals surface area contributed by atoms with Crippen molar-refractivity contribution in [3.63, 3.8) is 0 Å². The topological polar surface area (TPSA) is 59.3 Å². The molecule has 0 unspecified atom stereocenters. The van der Waals surface area contributed by atoms with Crippen molar-refractivity contribution >= 4 is 5.82 Å². The van der Waals surface area contributed by atoms with E-state index in [-0.39, 0.29) is 6.61 Å². The summed E-state index contributed by atoms with van der Waals surface area (Å²) in [6.45, 7) is 2.51. The van der Waals surface area contributed by atoms with E-state index in [1.807, 2.05) is 37.3 Å². The zero-order valence-corrected chi connectivity index (χ0v) is 10.6. The number of benzene rings is 1. The van der Waals surface area contributed by atoms with Crippen LogP contribution in [0.25, 0.3) is 5.69 Å². The maximum atomic E-state index is 8.87. The van der Waals surface area contributed by atoms with Crippen LogP contribution in [-0.4, -0.2) is 35.1 Å². The van der Waals surface area contributed by atoms with Gasteiger partial charge >= 0.3 is 0 Å². The van der Waals surface area contributed by atoms with E-state index in [0.717, 1.165) is 22.9 Å². The molecule has 0 saturated heterocycles. The number of nitrogens with zero attached hydrogens (tertiary/aromatic N) is 2. The minimum absolute atomic E-state index is 0.0857. The molecule has 0 fully saturated rings. The van der Waals surface area contributed by atoms with Gasteiger partial charge < -0.3 is 15.2 Å². The van der Waals surface area contributed by atoms with Gasteiger partial charge in [-0.25, -0.2) is 4.68 Å². The Morgan fingerprint density at radius 1 is 1.39 bits per heavy atom. The number of aliphatic hydroxyl groups excluding tert-OH is 1. The van der Waals surface area contributed by atoms with E-state index in [2.05, 4.69) is 10.4 Å². The first-order chi connectivity index (χ1) is 8.74. The van der Waals surface area contributed by atoms with Crippen molar-refractivity contribution in [2.45, 2.75) is 6.92 Å². The Balaban J connectivity index is 2.36. The first-order valence-electron chi connectivity index (χ1n) is 5.80. The lowest BCUT2D eigenvalue weighted by Gasteiger charge is -2.09. The molecule has 0 bridgehead atoms. The van der Waals surface area contributed by atoms with E-state index in [1.165, 1.54) is 0 Å². The fraction of sp³-hybridized carbons (Fsp3) is 0.308. The second-order valence-corrected chi connectivity index (χ2v) is 3.93. The van der Waals surface area contributed by atoms with Crippen LogP contribution in [-0.2, 0) is 0 Å². The molecule has 0 spiro atoms. The SMILES string of the molecule is COc1cccc(-n2nc(C)cc2NCCO)c1. The molecule has 2 N–H and O–H groups in total. The van der Waals surface area contributed by atoms with Crippen molar-refractivity contribution in [2.75, 3.05) is 25.6 Å². The predicted molar refractivity (Wildman–Crippen MR) is 70.4 cm³/mol. The molecule has 18 heavy (non-hydrogen) atoms. The lowest BCUT2D eigenvalue weighted by molar-refractivity contribution is 0.311. The van der Waals surface area contributed by atoms with Crippen molar-refractivity contribution in [3.8, 4) is 11.4 Å². The van der Waals surface area contributed by atoms with E-state index < -0.39 is 0 Å². The van der Waals surface area contributed by atoms with Crippen LogP contribution in [0.3, 0.4) is 0 Å². The van der Waals surface area contributed by atoms with Gasteiger partial charge in [-0.1, -0.05) is 6.07 Å². The van der Waals surface area contributed by atoms with E-state index in [9.17, 15) is 0 Å². The number of aryl methyl sites for hydroxylation is 1. The third-order valence-corrected chi connectivity index (χ3v) is 2.55. The number of hydrogen-bond acceptors (Lipinski definition) is 4. The lowest BCUT2D eigenvalue weighted by atomic mass is 10.3. The average molecular weight is 247 g/mol. The van der Waals surface area contributed by atoms with Crippen molar-refractivity contribution in [1.82, 2.24) is 9.78 Å². The Hall–Kier alpha value is -2.01. The molecule has 5 heteroatoms. The Labute approximate surface area is 106 Å². The Morgan fingerprint density at radius 2 is 2.22 bits per heavy atom. The number of hydrogen-bond donors (Lipinski definition) is 2. The molecule has 5 nitrogen and oxygen atoms in total. The first-order valence-corrected chi connectivity index (χ1v) is 5.80. The molecule has 0 amide bonds. The van der Waals surface area contributed by atoms with Gasteiger partial charge in [-0.3, -0.25) is 0 Å². The molecule has 2 aromatic rings. The summed E-state index contributed by atoms with van der Waals surface area (Å²) < 4.78 is 7.00. The predicted octanol–water partition coefficient (Wildman–Crippen LogP) is 1.59. The Kier molecular flexibility index (Phi) is 3.84. The van der Waals surface area contributed by atoms with Gasteiger partial charge in [0.2, 0.25) is 0 Å². The molecule has 0 aliphatic heterocycles. The normalized spacial score (nSPS) is 10.4. The third-order valence-electron chi connectivity index (χ3n) is 2.55. The number of aromatic nitrogens is 2. The molecule has 0 atom stereocenters. The van der Waals surface area contributed by atoms with E-state index >= 15 is 0 Å². The van der Waals surface area contributed by atoms with Crippen LogP contribution < -0.4 is 10.1 Å². The van der Waals surface area contributed by atoms with Crippen molar-refractivity contribution in [2.24, 2.45) is 0 Å². The second kappa shape index (κ2) is 5.55. The number of nitrogens with one attached hydrogen (secondary N) is 1. The van der Waals surface area contributed by atoms with Gasteiger partial charge in [-0.05, 0) is 19.1 Å². The highest BCUT2D eigenvalue weighted by atomic mass is 16.5. The Morgan fingerprint density at radius 3 is 2.94 bits per heavy atom. The van der Waals surface area contributed by atoms with Crippen LogP contribution in [0.15, 0.2) is 30.3 Å². The quantitative estimate of drug-likeness (QED) is 0.842. The molecule has 1 heterocycles. The molecular formula is C13H17N3O2. The van der Waals surface area contributed by atoms with Gasteiger partial charge in [0.25, 0.3) is 0 Å². The van der Waals surface area contributed by atoms with Gasteiger partial charge in [0.1, 0.15) is 11.6 Å². The second-order valence-electron chi connectivity index (χ2n) is 3.93. The average Bonchev–Trinajstić information content (AvgIpc) is 2.77. The standard InChI is InChI=1S/C13H17N3O2/c1-10-8-13(14-6-7-17)16(15-10)11-4-3-5-12(9-11)18-2/h3-5,8-9,14,17H,6-7H2,1-2H3. The fourth-order valence-electron chi connectivity index (χ4n) is 1.75. The smallest absolute Gasteiger partial charge is 0.130 e. The van der Waals surface area contributed by atoms with Crippen molar-refractivity contribution in [1.29, 1.82) is 0 Å². The van der Waals surface area contributed by atoms with Crippen LogP contribution in [0.5, 0.6) is 5.75 Å². The number of aliphatic hydroxyl groups is 1. The summed E-state index contributed by atoms with van der Waals surface area (Å²) in [7, 11) is 1.64. The number of anilines is 1. The zero-order chi connectivity index (χ0) is 13.0. The lowest BCUT2D eigenvalue weighted by Crippen LogP contribution is -2.10. The molecule has 1 aromatic heterocycles. The van der Waals surface area contributed by atoms with Gasteiger partial charge in [0.15, 0.2) is 0 Å². The van der Waals surface area contributed by atoms with Crippen LogP contribution in [0.1, 0.15) is 5.69 Å². The van der Waals surface area contributed by atoms with E-state index in [0.29, 0.717) is 6.54 Å². The summed E-state index contributed by atoms with van der Waals surface area (Å²) in [5, 5.41) is 16.4. The molecule has 0 aliphatic carbocycles. The van der Waals surface area contributed by atoms with Crippen LogP contribution in [0, 0.1) is 6.92 Å². The molecule has 0 aliphatic rings. The van der Waals surface area contributed by atoms with Gasteiger partial charge in [-0.15, -0.1) is 0 Å². The molecular weight excluding hydrogens is 230 g/mol. The summed E-state index contributed by atoms with van der Waals surface area (Å²) in [6, 6.07) is 9.62. The summed E-state index contributed by atoms with van der Waals surface area (Å²) in [4.78, 5) is 0. The molecule has 2 rings (SSSR count). The van der Waals surface area contributed by atoms with Gasteiger partial charge in [0.05, 0.1) is 25.1 Å². The van der Waals surface area contributed by atoms with E-state index in [1.54, 1.807) is 11.8 Å².